The molecule has 1 aromatic heterocycles. The zero-order chi connectivity index (χ0) is 14.5. The lowest BCUT2D eigenvalue weighted by molar-refractivity contribution is 0.213. The minimum atomic E-state index is -0.763. The number of aliphatic hydroxyl groups is 1. The Bertz CT molecular complexity index is 553. The molecule has 1 heterocycles. The number of aliphatic hydroxyl groups excluding tert-OH is 1. The van der Waals surface area contributed by atoms with Crippen LogP contribution in [0.3, 0.4) is 0 Å². The van der Waals surface area contributed by atoms with Crippen molar-refractivity contribution in [1.82, 2.24) is 10.2 Å². The molecule has 0 saturated carbocycles. The summed E-state index contributed by atoms with van der Waals surface area (Å²) in [6.45, 7) is 4.36. The third kappa shape index (κ3) is 3.54. The first-order valence-electron chi connectivity index (χ1n) is 6.74. The summed E-state index contributed by atoms with van der Waals surface area (Å²) in [5.74, 6) is 1.03. The molecule has 106 valence electrons. The third-order valence-corrected chi connectivity index (χ3v) is 3.06. The summed E-state index contributed by atoms with van der Waals surface area (Å²) in [4.78, 5) is 0. The molecule has 0 aliphatic rings. The molecule has 0 spiro atoms. The topological polar surface area (TPSA) is 55.2 Å². The van der Waals surface area contributed by atoms with E-state index in [9.17, 15) is 5.11 Å². The number of nitrogens with zero attached hydrogens (tertiary/aromatic N) is 2. The lowest BCUT2D eigenvalue weighted by atomic mass is 9.98. The predicted molar refractivity (Wildman–Crippen MR) is 77.6 cm³/mol. The monoisotopic (exact) mass is 272 g/mol. The van der Waals surface area contributed by atoms with Gasteiger partial charge in [0.1, 0.15) is 6.10 Å². The summed E-state index contributed by atoms with van der Waals surface area (Å²) in [6, 6.07) is 11.4. The van der Waals surface area contributed by atoms with Gasteiger partial charge in [-0.05, 0) is 29.5 Å². The van der Waals surface area contributed by atoms with E-state index in [1.807, 2.05) is 18.2 Å². The average Bonchev–Trinajstić information content (AvgIpc) is 2.46. The van der Waals surface area contributed by atoms with E-state index < -0.39 is 6.10 Å². The van der Waals surface area contributed by atoms with Crippen LogP contribution in [-0.2, 0) is 6.42 Å². The number of benzene rings is 1. The van der Waals surface area contributed by atoms with Crippen molar-refractivity contribution in [1.29, 1.82) is 0 Å². The smallest absolute Gasteiger partial charge is 0.233 e. The van der Waals surface area contributed by atoms with Gasteiger partial charge in [-0.1, -0.05) is 38.1 Å². The molecule has 1 N–H and O–H groups in total. The largest absolute Gasteiger partial charge is 0.480 e. The van der Waals surface area contributed by atoms with Crippen LogP contribution >= 0.6 is 0 Å². The van der Waals surface area contributed by atoms with E-state index in [1.165, 1.54) is 12.7 Å². The minimum absolute atomic E-state index is 0.439. The van der Waals surface area contributed by atoms with Gasteiger partial charge in [0.05, 0.1) is 12.8 Å². The van der Waals surface area contributed by atoms with Gasteiger partial charge >= 0.3 is 0 Å². The molecule has 20 heavy (non-hydrogen) atoms. The summed E-state index contributed by atoms with van der Waals surface area (Å²) in [5.41, 5.74) is 2.58. The zero-order valence-electron chi connectivity index (χ0n) is 12.1. The molecule has 4 heteroatoms. The molecule has 0 radical (unpaired) electrons. The fraction of sp³-hybridized carbons (Fsp3) is 0.375. The first-order valence-corrected chi connectivity index (χ1v) is 6.74. The van der Waals surface area contributed by atoms with Gasteiger partial charge in [-0.25, -0.2) is 0 Å². The molecule has 0 aliphatic heterocycles. The number of rotatable bonds is 5. The Kier molecular flexibility index (Phi) is 4.69. The van der Waals surface area contributed by atoms with Gasteiger partial charge < -0.3 is 9.84 Å². The normalized spacial score (nSPS) is 12.4. The molecule has 1 aromatic carbocycles. The third-order valence-electron chi connectivity index (χ3n) is 3.06. The molecule has 2 aromatic rings. The van der Waals surface area contributed by atoms with Crippen molar-refractivity contribution >= 4 is 0 Å². The van der Waals surface area contributed by atoms with Gasteiger partial charge in [-0.3, -0.25) is 0 Å². The van der Waals surface area contributed by atoms with Crippen LogP contribution in [-0.4, -0.2) is 22.4 Å². The summed E-state index contributed by atoms with van der Waals surface area (Å²) in [7, 11) is 1.54. The standard InChI is InChI=1S/C16H20N2O2/c1-11(2)9-12-5-4-6-13(10-12)16(19)14-7-8-15(20-3)18-17-14/h4-8,10-11,16,19H,9H2,1-3H3. The highest BCUT2D eigenvalue weighted by molar-refractivity contribution is 5.30. The van der Waals surface area contributed by atoms with Crippen LogP contribution in [0.4, 0.5) is 0 Å². The number of hydrogen-bond acceptors (Lipinski definition) is 4. The van der Waals surface area contributed by atoms with E-state index in [2.05, 4.69) is 30.1 Å². The predicted octanol–water partition coefficient (Wildman–Crippen LogP) is 2.77. The molecule has 0 amide bonds. The Morgan fingerprint density at radius 3 is 2.55 bits per heavy atom. The van der Waals surface area contributed by atoms with Crippen LogP contribution in [0.15, 0.2) is 36.4 Å². The Morgan fingerprint density at radius 2 is 1.95 bits per heavy atom. The SMILES string of the molecule is COc1ccc(C(O)c2cccc(CC(C)C)c2)nn1. The zero-order valence-corrected chi connectivity index (χ0v) is 12.1. The summed E-state index contributed by atoms with van der Waals surface area (Å²) >= 11 is 0. The van der Waals surface area contributed by atoms with E-state index in [0.717, 1.165) is 12.0 Å². The van der Waals surface area contributed by atoms with E-state index in [0.29, 0.717) is 17.5 Å². The quantitative estimate of drug-likeness (QED) is 0.909. The first kappa shape index (κ1) is 14.5. The van der Waals surface area contributed by atoms with Crippen LogP contribution < -0.4 is 4.74 Å². The van der Waals surface area contributed by atoms with Gasteiger partial charge in [0, 0.05) is 6.07 Å². The molecule has 2 rings (SSSR count). The Labute approximate surface area is 119 Å². The van der Waals surface area contributed by atoms with Crippen molar-refractivity contribution in [2.45, 2.75) is 26.4 Å². The van der Waals surface area contributed by atoms with E-state index in [-0.39, 0.29) is 0 Å². The molecule has 0 saturated heterocycles. The number of aromatic nitrogens is 2. The summed E-state index contributed by atoms with van der Waals surface area (Å²) in [6.07, 6.45) is 0.231. The van der Waals surface area contributed by atoms with Crippen molar-refractivity contribution in [2.24, 2.45) is 5.92 Å². The number of hydrogen-bond donors (Lipinski definition) is 1. The maximum absolute atomic E-state index is 10.4. The highest BCUT2D eigenvalue weighted by atomic mass is 16.5. The second-order valence-corrected chi connectivity index (χ2v) is 5.25. The lowest BCUT2D eigenvalue weighted by Crippen LogP contribution is -2.05. The van der Waals surface area contributed by atoms with Crippen molar-refractivity contribution in [3.63, 3.8) is 0 Å². The van der Waals surface area contributed by atoms with E-state index in [1.54, 1.807) is 12.1 Å². The van der Waals surface area contributed by atoms with Crippen molar-refractivity contribution in [3.05, 3.63) is 53.2 Å². The van der Waals surface area contributed by atoms with Gasteiger partial charge in [0.25, 0.3) is 0 Å². The molecule has 4 nitrogen and oxygen atoms in total. The highest BCUT2D eigenvalue weighted by Crippen LogP contribution is 2.22. The fourth-order valence-electron chi connectivity index (χ4n) is 2.12. The van der Waals surface area contributed by atoms with Gasteiger partial charge in [-0.15, -0.1) is 10.2 Å². The minimum Gasteiger partial charge on any atom is -0.480 e. The van der Waals surface area contributed by atoms with Gasteiger partial charge in [-0.2, -0.15) is 0 Å². The molecular formula is C16H20N2O2. The molecule has 1 atom stereocenters. The van der Waals surface area contributed by atoms with E-state index in [4.69, 9.17) is 4.74 Å². The van der Waals surface area contributed by atoms with Crippen molar-refractivity contribution in [3.8, 4) is 5.88 Å². The van der Waals surface area contributed by atoms with Crippen molar-refractivity contribution in [2.75, 3.05) is 7.11 Å². The van der Waals surface area contributed by atoms with Crippen LogP contribution in [0.2, 0.25) is 0 Å². The highest BCUT2D eigenvalue weighted by Gasteiger charge is 2.13. The second kappa shape index (κ2) is 6.48. The van der Waals surface area contributed by atoms with Gasteiger partial charge in [0.15, 0.2) is 0 Å². The van der Waals surface area contributed by atoms with Crippen LogP contribution in [0.1, 0.15) is 36.8 Å². The lowest BCUT2D eigenvalue weighted by Gasteiger charge is -2.12. The second-order valence-electron chi connectivity index (χ2n) is 5.25. The van der Waals surface area contributed by atoms with Gasteiger partial charge in [0.2, 0.25) is 5.88 Å². The number of methoxy groups -OCH3 is 1. The summed E-state index contributed by atoms with van der Waals surface area (Å²) < 4.78 is 4.96. The Hall–Kier alpha value is -1.94. The molecule has 1 unspecified atom stereocenters. The first-order chi connectivity index (χ1) is 9.60. The Morgan fingerprint density at radius 1 is 1.15 bits per heavy atom. The molecule has 0 bridgehead atoms. The molecule has 0 aliphatic carbocycles. The maximum Gasteiger partial charge on any atom is 0.233 e. The Balaban J connectivity index is 2.20. The van der Waals surface area contributed by atoms with Crippen LogP contribution in [0.5, 0.6) is 5.88 Å². The van der Waals surface area contributed by atoms with Crippen LogP contribution in [0.25, 0.3) is 0 Å². The maximum atomic E-state index is 10.4. The van der Waals surface area contributed by atoms with Crippen molar-refractivity contribution < 1.29 is 9.84 Å². The van der Waals surface area contributed by atoms with E-state index >= 15 is 0 Å². The average molecular weight is 272 g/mol. The number of ether oxygens (including phenoxy) is 1. The fourth-order valence-corrected chi connectivity index (χ4v) is 2.12. The summed E-state index contributed by atoms with van der Waals surface area (Å²) in [5, 5.41) is 18.2. The molecular weight excluding hydrogens is 252 g/mol. The molecule has 0 fully saturated rings. The van der Waals surface area contributed by atoms with Crippen LogP contribution in [0, 0.1) is 5.92 Å².